The van der Waals surface area contributed by atoms with Crippen molar-refractivity contribution < 1.29 is 129 Å². The Hall–Kier alpha value is -10.1. The zero-order valence-corrected chi connectivity index (χ0v) is 63.4. The van der Waals surface area contributed by atoms with Gasteiger partial charge in [-0.25, -0.2) is 14.4 Å². The van der Waals surface area contributed by atoms with Crippen molar-refractivity contribution in [3.05, 3.63) is 149 Å². The van der Waals surface area contributed by atoms with Gasteiger partial charge in [0.05, 0.1) is 97.0 Å². The average Bonchev–Trinajstić information content (AvgIpc) is 0.668. The lowest BCUT2D eigenvalue weighted by molar-refractivity contribution is -0.346. The van der Waals surface area contributed by atoms with Crippen molar-refractivity contribution in [1.82, 2.24) is 21.3 Å². The predicted octanol–water partition coefficient (Wildman–Crippen LogP) is 2.87. The van der Waals surface area contributed by atoms with Crippen molar-refractivity contribution in [2.45, 2.75) is 153 Å². The Morgan fingerprint density at radius 1 is 0.658 bits per heavy atom. The number of primary amides is 1. The number of carbonyl (C=O) groups is 12. The lowest BCUT2D eigenvalue weighted by Gasteiger charge is -2.66. The molecular formula is C78H99N6O27+. The van der Waals surface area contributed by atoms with E-state index in [2.05, 4.69) is 26.6 Å². The molecule has 2 saturated carbocycles. The van der Waals surface area contributed by atoms with Crippen LogP contribution in [0, 0.1) is 16.7 Å². The zero-order valence-electron chi connectivity index (χ0n) is 63.4. The van der Waals surface area contributed by atoms with Crippen LogP contribution in [0.15, 0.2) is 126 Å². The molecule has 0 radical (unpaired) electrons. The van der Waals surface area contributed by atoms with E-state index < -0.39 is 186 Å². The maximum absolute atomic E-state index is 16.0. The molecule has 3 fully saturated rings. The predicted molar refractivity (Wildman–Crippen MR) is 390 cm³/mol. The highest BCUT2D eigenvalue weighted by atomic mass is 16.7. The first kappa shape index (κ1) is 86.5. The third kappa shape index (κ3) is 21.7. The van der Waals surface area contributed by atoms with E-state index in [-0.39, 0.29) is 71.9 Å². The van der Waals surface area contributed by atoms with Gasteiger partial charge in [-0.3, -0.25) is 43.2 Å². The normalized spacial score (nSPS) is 23.5. The smallest absolute Gasteiger partial charge is 0.455 e. The minimum atomic E-state index is -2.56. The van der Waals surface area contributed by atoms with Gasteiger partial charge in [-0.2, -0.15) is 0 Å². The molecule has 33 nitrogen and oxygen atoms in total. The highest BCUT2D eigenvalue weighted by Crippen LogP contribution is 2.64. The Kier molecular flexibility index (Phi) is 30.9. The molecule has 2 unspecified atom stereocenters. The van der Waals surface area contributed by atoms with Crippen LogP contribution in [0.1, 0.15) is 113 Å². The number of nitrogens with two attached hydrogens (primary N) is 1. The molecule has 0 spiro atoms. The molecule has 8 rings (SSSR count). The van der Waals surface area contributed by atoms with E-state index in [1.54, 1.807) is 61.7 Å². The lowest BCUT2D eigenvalue weighted by Crippen LogP contribution is -2.82. The van der Waals surface area contributed by atoms with Crippen LogP contribution >= 0.6 is 0 Å². The number of anilines is 1. The summed E-state index contributed by atoms with van der Waals surface area (Å²) in [4.78, 5) is 167. The SMILES string of the molecule is COCCOCCOCCOCCOCCOCC(=O)N[C@H](C)C(=O)N[C@H](C)C(=O)N[C@H](CC(N)=O)C(=O)Nc1ccc(COC(=O)O[C@@H](C(=O)O[C@H]2C[C@@]3(O)[C@@H](OC(=O)c4ccccc4)[C@H]4[C@](C)(C(=O)[C@H](OC(C)=O)C(=C2C)C3(C)C)[C@@H]([OH2+])CC2OC[C@]24OC(C)=O)C(NC(=O)c2ccccc2)c2ccccc2)cc1. The maximum Gasteiger partial charge on any atom is 0.509 e. The molecule has 4 aromatic carbocycles. The van der Waals surface area contributed by atoms with Gasteiger partial charge >= 0.3 is 30.0 Å². The Labute approximate surface area is 641 Å². The highest BCUT2D eigenvalue weighted by Gasteiger charge is 2.80. The number of amides is 6. The summed E-state index contributed by atoms with van der Waals surface area (Å²) in [5, 5.41) is 36.6. The Balaban J connectivity index is 0.959. The van der Waals surface area contributed by atoms with E-state index in [4.69, 9.17) is 67.3 Å². The molecule has 1 aliphatic heterocycles. The highest BCUT2D eigenvalue weighted by molar-refractivity contribution is 6.01. The van der Waals surface area contributed by atoms with Crippen LogP contribution in [-0.2, 0) is 111 Å². The van der Waals surface area contributed by atoms with Gasteiger partial charge in [-0.1, -0.05) is 92.7 Å². The van der Waals surface area contributed by atoms with Crippen molar-refractivity contribution in [1.29, 1.82) is 0 Å². The van der Waals surface area contributed by atoms with Crippen molar-refractivity contribution in [2.24, 2.45) is 22.5 Å². The number of esters is 4. The molecule has 1 heterocycles. The van der Waals surface area contributed by atoms with E-state index in [9.17, 15) is 58.2 Å². The number of hydrogen-bond donors (Lipinski definition) is 7. The number of rotatable bonds is 39. The Morgan fingerprint density at radius 2 is 1.21 bits per heavy atom. The number of ether oxygens (including phenoxy) is 13. The number of methoxy groups -OCH3 is 1. The second-order valence-electron chi connectivity index (χ2n) is 28.0. The standard InChI is InChI=1S/C78H98N6O27/c1-45-56(41-78(98)67(110-72(95)53-23-17-12-18-24-53)65-76(8,57(87)40-58-77(65,44-106-58)111-49(5)86)66(90)63(107-48(4)85)61(45)75(78,6)7)108-73(96)64(62(51-19-13-10-14-20-51)84-70(93)52-21-15-11-16-22-52)109-74(97)105-42-50-25-27-54(28-26-50)82-71(94)55(39-59(79)88)83-69(92)47(3)81-68(91)46(2)80-60(89)43-104-38-37-103-36-35-102-34-33-101-32-31-100-30-29-99-9/h10-28,46-47,55-58,62-65,67,87,98H,29-44H2,1-9H3,(H2,79,88)(H,80,89)(H,81,91)(H,82,94)(H,83,92)(H,84,93)/p+1/t46-,47-,55-,56+,57+,58?,62?,63-,64-,65+,67+,76-,77+,78-/m1/s1. The van der Waals surface area contributed by atoms with Crippen LogP contribution in [0.25, 0.3) is 0 Å². The minimum absolute atomic E-state index is 0.00104. The molecule has 10 N–H and O–H groups in total. The summed E-state index contributed by atoms with van der Waals surface area (Å²) in [6, 6.07) is 23.3. The molecule has 602 valence electrons. The maximum atomic E-state index is 16.0. The molecule has 33 heteroatoms. The number of hydrogen-bond acceptors (Lipinski definition) is 26. The quantitative estimate of drug-likeness (QED) is 0.0111. The largest absolute Gasteiger partial charge is 0.509 e. The van der Waals surface area contributed by atoms with Gasteiger partial charge < -0.3 is 104 Å². The summed E-state index contributed by atoms with van der Waals surface area (Å²) in [6.07, 6.45) is -13.4. The molecule has 4 aliphatic rings. The summed E-state index contributed by atoms with van der Waals surface area (Å²) in [7, 11) is 1.59. The molecule has 0 aromatic heterocycles. The fraction of sp³-hybridized carbons (Fsp3) is 0.513. The minimum Gasteiger partial charge on any atom is -0.455 e. The number of nitrogens with one attached hydrogen (secondary N) is 5. The molecule has 1 saturated heterocycles. The van der Waals surface area contributed by atoms with Gasteiger partial charge in [0.25, 0.3) is 5.91 Å². The first-order valence-corrected chi connectivity index (χ1v) is 36.2. The molecule has 4 aromatic rings. The fourth-order valence-electron chi connectivity index (χ4n) is 14.2. The summed E-state index contributed by atoms with van der Waals surface area (Å²) in [6.45, 7) is 12.8. The van der Waals surface area contributed by atoms with Gasteiger partial charge in [0.1, 0.15) is 66.7 Å². The van der Waals surface area contributed by atoms with E-state index >= 15 is 9.59 Å². The van der Waals surface area contributed by atoms with Gasteiger partial charge in [0.2, 0.25) is 35.6 Å². The van der Waals surface area contributed by atoms with Gasteiger partial charge in [-0.05, 0) is 86.4 Å². The number of carbonyl (C=O) groups excluding carboxylic acids is 12. The van der Waals surface area contributed by atoms with E-state index in [0.29, 0.717) is 46.2 Å². The van der Waals surface area contributed by atoms with Crippen LogP contribution < -0.4 is 32.3 Å². The first-order chi connectivity index (χ1) is 52.9. The fourth-order valence-corrected chi connectivity index (χ4v) is 14.2. The average molecular weight is 1550 g/mol. The van der Waals surface area contributed by atoms with Crippen LogP contribution in [0.3, 0.4) is 0 Å². The number of Topliss-reactive ketones (excluding diaryl/α,β-unsaturated/α-hetero) is 1. The summed E-state index contributed by atoms with van der Waals surface area (Å²) in [5.41, 5.74) is -2.21. The third-order valence-electron chi connectivity index (χ3n) is 20.0. The van der Waals surface area contributed by atoms with Crippen LogP contribution in [0.4, 0.5) is 10.5 Å². The topological polar surface area (TPSA) is 454 Å². The van der Waals surface area contributed by atoms with Gasteiger partial charge in [0, 0.05) is 44.0 Å². The molecule has 3 aliphatic carbocycles. The third-order valence-corrected chi connectivity index (χ3v) is 20.0. The van der Waals surface area contributed by atoms with Gasteiger partial charge in [-0.15, -0.1) is 0 Å². The molecule has 6 amide bonds. The van der Waals surface area contributed by atoms with Crippen molar-refractivity contribution in [3.63, 3.8) is 0 Å². The van der Waals surface area contributed by atoms with E-state index in [1.807, 2.05) is 0 Å². The lowest BCUT2D eigenvalue weighted by atomic mass is 9.44. The number of benzene rings is 4. The second-order valence-corrected chi connectivity index (χ2v) is 28.0. The molecular weight excluding hydrogens is 1450 g/mol. The van der Waals surface area contributed by atoms with Gasteiger partial charge in [0.15, 0.2) is 23.6 Å². The monoisotopic (exact) mass is 1550 g/mol. The van der Waals surface area contributed by atoms with E-state index in [1.165, 1.54) is 102 Å². The van der Waals surface area contributed by atoms with Crippen molar-refractivity contribution >= 4 is 76.9 Å². The van der Waals surface area contributed by atoms with E-state index in [0.717, 1.165) is 13.8 Å². The van der Waals surface area contributed by atoms with Crippen LogP contribution in [-0.4, -0.2) is 234 Å². The van der Waals surface area contributed by atoms with Crippen LogP contribution in [0.5, 0.6) is 0 Å². The molecule has 14 atom stereocenters. The Bertz CT molecular complexity index is 3960. The second kappa shape index (κ2) is 39.7. The summed E-state index contributed by atoms with van der Waals surface area (Å²) < 4.78 is 74.5. The number of aliphatic hydroxyl groups is 1. The zero-order chi connectivity index (χ0) is 80.8. The summed E-state index contributed by atoms with van der Waals surface area (Å²) in [5.74, 6) is -11.7. The molecule has 111 heavy (non-hydrogen) atoms. The summed E-state index contributed by atoms with van der Waals surface area (Å²) >= 11 is 0. The van der Waals surface area contributed by atoms with Crippen molar-refractivity contribution in [3.8, 4) is 0 Å². The van der Waals surface area contributed by atoms with Crippen molar-refractivity contribution in [2.75, 3.05) is 91.7 Å². The number of fused-ring (bicyclic) bond motifs is 5. The Morgan fingerprint density at radius 3 is 1.76 bits per heavy atom. The first-order valence-electron chi connectivity index (χ1n) is 36.2. The molecule has 2 bridgehead atoms. The number of ketones is 1. The van der Waals surface area contributed by atoms with Crippen LogP contribution in [0.2, 0.25) is 0 Å².